The van der Waals surface area contributed by atoms with E-state index in [4.69, 9.17) is 0 Å². The number of nitrogens with zero attached hydrogens (tertiary/aromatic N) is 2. The number of rotatable bonds is 5. The van der Waals surface area contributed by atoms with Gasteiger partial charge in [-0.3, -0.25) is 9.59 Å². The van der Waals surface area contributed by atoms with Gasteiger partial charge >= 0.3 is 5.97 Å². The highest BCUT2D eigenvalue weighted by molar-refractivity contribution is 7.90. The summed E-state index contributed by atoms with van der Waals surface area (Å²) in [7, 11) is -3.47. The Hall–Kier alpha value is -2.94. The summed E-state index contributed by atoms with van der Waals surface area (Å²) < 4.78 is 26.8. The first kappa shape index (κ1) is 18.8. The number of carboxylic acids is 1. The van der Waals surface area contributed by atoms with Crippen molar-refractivity contribution in [2.45, 2.75) is 13.0 Å². The molecule has 2 unspecified atom stereocenters. The van der Waals surface area contributed by atoms with Gasteiger partial charge in [0.1, 0.15) is 5.84 Å². The van der Waals surface area contributed by atoms with Crippen LogP contribution in [0.2, 0.25) is 0 Å². The van der Waals surface area contributed by atoms with Crippen LogP contribution in [-0.4, -0.2) is 48.4 Å². The maximum atomic E-state index is 12.7. The van der Waals surface area contributed by atoms with E-state index < -0.39 is 33.9 Å². The van der Waals surface area contributed by atoms with Crippen LogP contribution in [0.4, 0.5) is 0 Å². The Kier molecular flexibility index (Phi) is 5.13. The first-order chi connectivity index (χ1) is 12.8. The van der Waals surface area contributed by atoms with Crippen LogP contribution in [0.5, 0.6) is 0 Å². The normalized spacial score (nSPS) is 20.0. The van der Waals surface area contributed by atoms with E-state index in [1.54, 1.807) is 29.2 Å². The number of sulfonamides is 1. The van der Waals surface area contributed by atoms with Gasteiger partial charge in [-0.25, -0.2) is 8.42 Å². The van der Waals surface area contributed by atoms with Crippen molar-refractivity contribution in [2.75, 3.05) is 12.3 Å². The van der Waals surface area contributed by atoms with Crippen LogP contribution in [-0.2, 0) is 19.6 Å². The van der Waals surface area contributed by atoms with Crippen molar-refractivity contribution >= 4 is 27.7 Å². The Morgan fingerprint density at radius 1 is 1.22 bits per heavy atom. The van der Waals surface area contributed by atoms with Crippen LogP contribution in [0.15, 0.2) is 58.7 Å². The van der Waals surface area contributed by atoms with Crippen molar-refractivity contribution in [2.24, 2.45) is 10.3 Å². The van der Waals surface area contributed by atoms with E-state index in [9.17, 15) is 23.1 Å². The van der Waals surface area contributed by atoms with Crippen molar-refractivity contribution in [3.63, 3.8) is 0 Å². The van der Waals surface area contributed by atoms with Crippen molar-refractivity contribution in [3.05, 3.63) is 59.8 Å². The molecule has 0 fully saturated rings. The van der Waals surface area contributed by atoms with Crippen molar-refractivity contribution in [3.8, 4) is 0 Å². The second-order valence-corrected chi connectivity index (χ2v) is 8.09. The Labute approximate surface area is 157 Å². The second-order valence-electron chi connectivity index (χ2n) is 6.34. The zero-order valence-electron chi connectivity index (χ0n) is 14.6. The predicted octanol–water partition coefficient (Wildman–Crippen LogP) is 1.06. The Morgan fingerprint density at radius 2 is 1.93 bits per heavy atom. The summed E-state index contributed by atoms with van der Waals surface area (Å²) >= 11 is 0. The minimum absolute atomic E-state index is 0.127. The summed E-state index contributed by atoms with van der Waals surface area (Å²) in [5, 5.41) is 12.2. The molecule has 0 aliphatic carbocycles. The van der Waals surface area contributed by atoms with E-state index in [2.05, 4.69) is 9.71 Å². The minimum atomic E-state index is -3.47. The highest BCUT2D eigenvalue weighted by atomic mass is 32.2. The van der Waals surface area contributed by atoms with Gasteiger partial charge in [0.05, 0.1) is 23.3 Å². The number of hydrogen-bond acceptors (Lipinski definition) is 5. The lowest BCUT2D eigenvalue weighted by Crippen LogP contribution is -2.40. The molecule has 3 rings (SSSR count). The largest absolute Gasteiger partial charge is 0.481 e. The first-order valence-electron chi connectivity index (χ1n) is 8.34. The lowest BCUT2D eigenvalue weighted by atomic mass is 9.94. The Morgan fingerprint density at radius 3 is 2.59 bits per heavy atom. The molecule has 0 radical (unpaired) electrons. The molecule has 142 valence electrons. The molecular weight excluding hydrogens is 370 g/mol. The van der Waals surface area contributed by atoms with Gasteiger partial charge < -0.3 is 15.3 Å². The van der Waals surface area contributed by atoms with E-state index >= 15 is 0 Å². The van der Waals surface area contributed by atoms with Gasteiger partial charge in [-0.05, 0) is 24.6 Å². The molecule has 9 heteroatoms. The molecule has 1 amide bonds. The number of carboxylic acid groups (broad SMARTS) is 1. The summed E-state index contributed by atoms with van der Waals surface area (Å²) in [5.41, 5.74) is 0.985. The molecule has 0 saturated carbocycles. The number of aliphatic carboxylic acids is 1. The molecule has 0 aromatic heterocycles. The lowest BCUT2D eigenvalue weighted by Gasteiger charge is -2.28. The molecule has 2 atom stereocenters. The maximum Gasteiger partial charge on any atom is 0.308 e. The molecule has 0 saturated heterocycles. The monoisotopic (exact) mass is 389 g/mol. The van der Waals surface area contributed by atoms with E-state index in [0.717, 1.165) is 0 Å². The topological polar surface area (TPSA) is 116 Å². The molecule has 2 N–H and O–H groups in total. The second kappa shape index (κ2) is 7.36. The van der Waals surface area contributed by atoms with Crippen molar-refractivity contribution < 1.29 is 23.1 Å². The smallest absolute Gasteiger partial charge is 0.308 e. The fourth-order valence-corrected chi connectivity index (χ4v) is 3.83. The Balaban J connectivity index is 1.82. The third-order valence-corrected chi connectivity index (χ3v) is 5.58. The van der Waals surface area contributed by atoms with Gasteiger partial charge in [0.25, 0.3) is 15.9 Å². The third-order valence-electron chi connectivity index (χ3n) is 4.42. The molecule has 1 aromatic carbocycles. The SMILES string of the molecule is CC(C(=O)O)C(NC(=O)C1=CN2CCS(=O)(=O)N=C2C=C1)c1ccccc1. The number of amides is 1. The number of nitrogens with one attached hydrogen (secondary N) is 1. The fourth-order valence-electron chi connectivity index (χ4n) is 2.86. The van der Waals surface area contributed by atoms with E-state index in [1.165, 1.54) is 25.3 Å². The standard InChI is InChI=1S/C18H19N3O5S/c1-12(18(23)24)16(13-5-3-2-4-6-13)19-17(22)14-7-8-15-20-27(25,26)10-9-21(15)11-14/h2-8,11-12,16H,9-10H2,1H3,(H,19,22)(H,23,24). The zero-order chi connectivity index (χ0) is 19.6. The van der Waals surface area contributed by atoms with Gasteiger partial charge in [0, 0.05) is 12.7 Å². The van der Waals surface area contributed by atoms with Gasteiger partial charge in [-0.15, -0.1) is 4.40 Å². The molecule has 27 heavy (non-hydrogen) atoms. The molecule has 0 spiro atoms. The number of fused-ring (bicyclic) bond motifs is 1. The number of benzene rings is 1. The molecule has 2 aliphatic rings. The van der Waals surface area contributed by atoms with Crippen LogP contribution in [0.1, 0.15) is 18.5 Å². The van der Waals surface area contributed by atoms with Crippen LogP contribution < -0.4 is 5.32 Å². The van der Waals surface area contributed by atoms with E-state index in [0.29, 0.717) is 11.1 Å². The van der Waals surface area contributed by atoms with Crippen LogP contribution >= 0.6 is 0 Å². The van der Waals surface area contributed by atoms with Crippen LogP contribution in [0.25, 0.3) is 0 Å². The van der Waals surface area contributed by atoms with Gasteiger partial charge in [-0.2, -0.15) is 0 Å². The first-order valence-corrected chi connectivity index (χ1v) is 9.95. The average molecular weight is 389 g/mol. The zero-order valence-corrected chi connectivity index (χ0v) is 15.4. The lowest BCUT2D eigenvalue weighted by molar-refractivity contribution is -0.142. The summed E-state index contributed by atoms with van der Waals surface area (Å²) in [6.45, 7) is 1.74. The highest BCUT2D eigenvalue weighted by Crippen LogP contribution is 2.23. The summed E-state index contributed by atoms with van der Waals surface area (Å²) in [4.78, 5) is 25.8. The molecule has 0 bridgehead atoms. The number of hydrogen-bond donors (Lipinski definition) is 2. The van der Waals surface area contributed by atoms with Crippen LogP contribution in [0.3, 0.4) is 0 Å². The maximum absolute atomic E-state index is 12.7. The summed E-state index contributed by atoms with van der Waals surface area (Å²) in [5.74, 6) is -2.16. The van der Waals surface area contributed by atoms with Gasteiger partial charge in [0.2, 0.25) is 0 Å². The number of carbonyl (C=O) groups excluding carboxylic acids is 1. The predicted molar refractivity (Wildman–Crippen MR) is 99.3 cm³/mol. The van der Waals surface area contributed by atoms with Gasteiger partial charge in [0.15, 0.2) is 0 Å². The average Bonchev–Trinajstić information content (AvgIpc) is 2.65. The van der Waals surface area contributed by atoms with E-state index in [-0.39, 0.29) is 18.1 Å². The highest BCUT2D eigenvalue weighted by Gasteiger charge is 2.29. The quantitative estimate of drug-likeness (QED) is 0.778. The summed E-state index contributed by atoms with van der Waals surface area (Å²) in [6, 6.07) is 8.18. The molecular formula is C18H19N3O5S. The van der Waals surface area contributed by atoms with Crippen molar-refractivity contribution in [1.82, 2.24) is 10.2 Å². The molecule has 2 heterocycles. The summed E-state index contributed by atoms with van der Waals surface area (Å²) in [6.07, 6.45) is 4.46. The fraction of sp³-hybridized carbons (Fsp3) is 0.278. The van der Waals surface area contributed by atoms with Gasteiger partial charge in [-0.1, -0.05) is 30.3 Å². The Bertz CT molecular complexity index is 950. The third kappa shape index (κ3) is 4.25. The van der Waals surface area contributed by atoms with Crippen LogP contribution in [0, 0.1) is 5.92 Å². The molecule has 1 aromatic rings. The van der Waals surface area contributed by atoms with E-state index in [1.807, 2.05) is 6.07 Å². The number of amidine groups is 1. The number of carbonyl (C=O) groups is 2. The molecule has 8 nitrogen and oxygen atoms in total. The minimum Gasteiger partial charge on any atom is -0.481 e. The van der Waals surface area contributed by atoms with Crippen molar-refractivity contribution in [1.29, 1.82) is 0 Å². The molecule has 2 aliphatic heterocycles.